The van der Waals surface area contributed by atoms with Gasteiger partial charge in [-0.05, 0) is 37.5 Å². The van der Waals surface area contributed by atoms with Gasteiger partial charge in [-0.1, -0.05) is 6.07 Å². The average Bonchev–Trinajstić information content (AvgIpc) is 2.78. The largest absolute Gasteiger partial charge is 0.493 e. The van der Waals surface area contributed by atoms with Gasteiger partial charge in [0.15, 0.2) is 17.3 Å². The second kappa shape index (κ2) is 8.45. The van der Waals surface area contributed by atoms with Crippen LogP contribution in [0.1, 0.15) is 37.7 Å². The van der Waals surface area contributed by atoms with E-state index in [1.54, 1.807) is 32.2 Å². The normalized spacial score (nSPS) is 20.7. The van der Waals surface area contributed by atoms with Crippen LogP contribution in [0.3, 0.4) is 0 Å². The number of nitrogens with one attached hydrogen (secondary N) is 1. The van der Waals surface area contributed by atoms with Crippen LogP contribution in [-0.4, -0.2) is 56.5 Å². The van der Waals surface area contributed by atoms with Crippen molar-refractivity contribution < 1.29 is 28.6 Å². The molecule has 4 rings (SSSR count). The number of hydrogen-bond acceptors (Lipinski definition) is 7. The lowest BCUT2D eigenvalue weighted by Crippen LogP contribution is -2.50. The molecule has 1 amide bonds. The summed E-state index contributed by atoms with van der Waals surface area (Å²) in [4.78, 5) is 41.1. The summed E-state index contributed by atoms with van der Waals surface area (Å²) < 4.78 is 16.1. The fourth-order valence-corrected chi connectivity index (χ4v) is 4.66. The van der Waals surface area contributed by atoms with E-state index in [-0.39, 0.29) is 29.6 Å². The van der Waals surface area contributed by atoms with Gasteiger partial charge in [-0.25, -0.2) is 4.79 Å². The minimum Gasteiger partial charge on any atom is -0.493 e. The molecular formula is C23H26N2O6. The zero-order chi connectivity index (χ0) is 22.1. The van der Waals surface area contributed by atoms with Crippen molar-refractivity contribution in [3.05, 3.63) is 46.3 Å². The number of ether oxygens (including phenoxy) is 3. The number of esters is 1. The van der Waals surface area contributed by atoms with E-state index >= 15 is 0 Å². The maximum atomic E-state index is 13.2. The van der Waals surface area contributed by atoms with Crippen LogP contribution >= 0.6 is 0 Å². The fraction of sp³-hybridized carbons (Fsp3) is 0.435. The van der Waals surface area contributed by atoms with Gasteiger partial charge >= 0.3 is 5.97 Å². The third-order valence-corrected chi connectivity index (χ3v) is 5.93. The fourth-order valence-electron chi connectivity index (χ4n) is 4.66. The molecule has 31 heavy (non-hydrogen) atoms. The van der Waals surface area contributed by atoms with Crippen molar-refractivity contribution in [1.82, 2.24) is 10.2 Å². The van der Waals surface area contributed by atoms with Crippen LogP contribution in [0, 0.1) is 0 Å². The summed E-state index contributed by atoms with van der Waals surface area (Å²) in [5.74, 6) is -0.624. The zero-order valence-electron chi connectivity index (χ0n) is 17.9. The minimum atomic E-state index is -0.711. The molecule has 1 aromatic rings. The lowest BCUT2D eigenvalue weighted by Gasteiger charge is -2.43. The molecule has 1 N–H and O–H groups in total. The third kappa shape index (κ3) is 3.45. The monoisotopic (exact) mass is 426 g/mol. The van der Waals surface area contributed by atoms with Crippen molar-refractivity contribution in [1.29, 1.82) is 0 Å². The molecule has 1 aliphatic carbocycles. The van der Waals surface area contributed by atoms with Crippen LogP contribution in [0.25, 0.3) is 0 Å². The van der Waals surface area contributed by atoms with Crippen molar-refractivity contribution in [2.24, 2.45) is 0 Å². The first-order valence-electron chi connectivity index (χ1n) is 10.5. The molecular weight excluding hydrogens is 400 g/mol. The van der Waals surface area contributed by atoms with Crippen LogP contribution in [-0.2, 0) is 19.1 Å². The van der Waals surface area contributed by atoms with Crippen LogP contribution < -0.4 is 14.8 Å². The predicted octanol–water partition coefficient (Wildman–Crippen LogP) is 2.06. The van der Waals surface area contributed by atoms with Crippen LogP contribution in [0.2, 0.25) is 0 Å². The number of amides is 1. The first-order chi connectivity index (χ1) is 15.0. The molecule has 0 aromatic heterocycles. The van der Waals surface area contributed by atoms with E-state index in [0.29, 0.717) is 48.6 Å². The van der Waals surface area contributed by atoms with Gasteiger partial charge in [0, 0.05) is 36.7 Å². The third-order valence-electron chi connectivity index (χ3n) is 5.93. The summed E-state index contributed by atoms with van der Waals surface area (Å²) in [5.41, 5.74) is 2.54. The van der Waals surface area contributed by atoms with E-state index in [1.807, 2.05) is 4.90 Å². The lowest BCUT2D eigenvalue weighted by molar-refractivity contribution is -0.139. The average molecular weight is 426 g/mol. The van der Waals surface area contributed by atoms with Gasteiger partial charge in [-0.15, -0.1) is 0 Å². The lowest BCUT2D eigenvalue weighted by atomic mass is 9.74. The number of hydrogen-bond donors (Lipinski definition) is 1. The highest BCUT2D eigenvalue weighted by molar-refractivity contribution is 6.09. The number of methoxy groups -OCH3 is 2. The van der Waals surface area contributed by atoms with Crippen LogP contribution in [0.5, 0.6) is 11.5 Å². The first kappa shape index (κ1) is 21.0. The molecule has 8 heteroatoms. The molecule has 1 fully saturated rings. The minimum absolute atomic E-state index is 0.00661. The summed E-state index contributed by atoms with van der Waals surface area (Å²) in [6.45, 7) is 2.83. The van der Waals surface area contributed by atoms with Crippen molar-refractivity contribution in [3.8, 4) is 11.5 Å². The second-order valence-corrected chi connectivity index (χ2v) is 7.57. The Hall–Kier alpha value is -3.29. The van der Waals surface area contributed by atoms with Crippen molar-refractivity contribution in [3.63, 3.8) is 0 Å². The summed E-state index contributed by atoms with van der Waals surface area (Å²) in [6.07, 6.45) is 1.81. The van der Waals surface area contributed by atoms with Crippen molar-refractivity contribution in [2.45, 2.75) is 32.1 Å². The smallest absolute Gasteiger partial charge is 0.337 e. The van der Waals surface area contributed by atoms with Crippen molar-refractivity contribution >= 4 is 17.7 Å². The summed E-state index contributed by atoms with van der Waals surface area (Å²) >= 11 is 0. The maximum Gasteiger partial charge on any atom is 0.337 e. The number of nitrogens with zero attached hydrogens (tertiary/aromatic N) is 1. The summed E-state index contributed by atoms with van der Waals surface area (Å²) in [5, 5.41) is 2.83. The summed E-state index contributed by atoms with van der Waals surface area (Å²) in [6, 6.07) is 5.29. The number of rotatable bonds is 5. The van der Waals surface area contributed by atoms with E-state index < -0.39 is 11.9 Å². The molecule has 0 spiro atoms. The maximum absolute atomic E-state index is 13.2. The highest BCUT2D eigenvalue weighted by Gasteiger charge is 2.46. The van der Waals surface area contributed by atoms with E-state index in [9.17, 15) is 14.4 Å². The number of Topliss-reactive ketones (excluding diaryl/α,β-unsaturated/α-hetero) is 1. The van der Waals surface area contributed by atoms with E-state index in [1.165, 1.54) is 7.11 Å². The SMILES string of the molecule is CCOC(=O)C1=C2C(=O)NCCN2C2=C(C(=O)CCC2)[C@@H]1c1ccc(OC)c(OC)c1. The first-order valence-corrected chi connectivity index (χ1v) is 10.5. The molecule has 1 atom stereocenters. The summed E-state index contributed by atoms with van der Waals surface area (Å²) in [7, 11) is 3.07. The molecule has 1 aromatic carbocycles. The van der Waals surface area contributed by atoms with Gasteiger partial charge in [0.25, 0.3) is 5.91 Å². The number of carbonyl (C=O) groups excluding carboxylic acids is 3. The van der Waals surface area contributed by atoms with Gasteiger partial charge in [-0.2, -0.15) is 0 Å². The number of ketones is 1. The molecule has 0 bridgehead atoms. The number of fused-ring (bicyclic) bond motifs is 2. The van der Waals surface area contributed by atoms with E-state index in [4.69, 9.17) is 14.2 Å². The van der Waals surface area contributed by atoms with Crippen molar-refractivity contribution in [2.75, 3.05) is 33.9 Å². The van der Waals surface area contributed by atoms with Gasteiger partial charge in [0.05, 0.1) is 26.4 Å². The number of benzene rings is 1. The van der Waals surface area contributed by atoms with Gasteiger partial charge in [0.2, 0.25) is 0 Å². The molecule has 2 heterocycles. The molecule has 164 valence electrons. The zero-order valence-corrected chi connectivity index (χ0v) is 17.9. The Morgan fingerprint density at radius 2 is 1.94 bits per heavy atom. The quantitative estimate of drug-likeness (QED) is 0.720. The highest BCUT2D eigenvalue weighted by atomic mass is 16.5. The topological polar surface area (TPSA) is 94.2 Å². The predicted molar refractivity (Wildman–Crippen MR) is 112 cm³/mol. The number of carbonyl (C=O) groups is 3. The molecule has 1 saturated heterocycles. The van der Waals surface area contributed by atoms with Gasteiger partial charge in [0.1, 0.15) is 5.70 Å². The molecule has 0 saturated carbocycles. The Kier molecular flexibility index (Phi) is 5.71. The molecule has 8 nitrogen and oxygen atoms in total. The Bertz CT molecular complexity index is 1010. The Morgan fingerprint density at radius 1 is 1.16 bits per heavy atom. The second-order valence-electron chi connectivity index (χ2n) is 7.57. The Morgan fingerprint density at radius 3 is 2.65 bits per heavy atom. The highest BCUT2D eigenvalue weighted by Crippen LogP contribution is 2.48. The number of piperazine rings is 1. The molecule has 3 aliphatic rings. The van der Waals surface area contributed by atoms with Crippen LogP contribution in [0.4, 0.5) is 0 Å². The van der Waals surface area contributed by atoms with E-state index in [0.717, 1.165) is 12.1 Å². The van der Waals surface area contributed by atoms with Gasteiger partial charge in [-0.3, -0.25) is 9.59 Å². The molecule has 0 radical (unpaired) electrons. The van der Waals surface area contributed by atoms with E-state index in [2.05, 4.69) is 5.32 Å². The molecule has 0 unspecified atom stereocenters. The standard InChI is InChI=1S/C23H26N2O6/c1-4-31-23(28)20-18(13-8-9-16(29-2)17(12-13)30-3)19-14(6-5-7-15(19)26)25-11-10-24-22(27)21(20)25/h8-9,12,18H,4-7,10-11H2,1-3H3,(H,24,27)/t18-/m0/s1. The van der Waals surface area contributed by atoms with Crippen LogP contribution in [0.15, 0.2) is 40.7 Å². The number of allylic oxidation sites excluding steroid dienone is 2. The molecule has 2 aliphatic heterocycles. The van der Waals surface area contributed by atoms with Gasteiger partial charge < -0.3 is 24.4 Å². The Balaban J connectivity index is 1.99. The Labute approximate surface area is 180 Å².